The number of nitrogens with zero attached hydrogens (tertiary/aromatic N) is 4. The largest absolute Gasteiger partial charge is 0.461 e. The first-order valence-electron chi connectivity index (χ1n) is 10.4. The molecule has 0 unspecified atom stereocenters. The first kappa shape index (κ1) is 18.2. The summed E-state index contributed by atoms with van der Waals surface area (Å²) in [4.78, 5) is 11.6. The van der Waals surface area contributed by atoms with Crippen LogP contribution in [0.15, 0.2) is 24.3 Å². The molecule has 0 spiro atoms. The van der Waals surface area contributed by atoms with Gasteiger partial charge in [-0.25, -0.2) is 0 Å². The fourth-order valence-electron chi connectivity index (χ4n) is 3.92. The smallest absolute Gasteiger partial charge is 0.319 e. The van der Waals surface area contributed by atoms with Crippen molar-refractivity contribution in [1.29, 1.82) is 0 Å². The first-order chi connectivity index (χ1) is 14.3. The maximum atomic E-state index is 5.85. The summed E-state index contributed by atoms with van der Waals surface area (Å²) in [6, 6.07) is 8.95. The summed E-state index contributed by atoms with van der Waals surface area (Å²) < 4.78 is 11.6. The third-order valence-corrected chi connectivity index (χ3v) is 5.49. The lowest BCUT2D eigenvalue weighted by molar-refractivity contribution is 0.0936. The predicted octanol–water partition coefficient (Wildman–Crippen LogP) is 3.22. The zero-order chi connectivity index (χ0) is 19.6. The number of ether oxygens (including phenoxy) is 2. The van der Waals surface area contributed by atoms with Gasteiger partial charge in [0.1, 0.15) is 23.8 Å². The van der Waals surface area contributed by atoms with Gasteiger partial charge in [-0.15, -0.1) is 0 Å². The van der Waals surface area contributed by atoms with Gasteiger partial charge >= 0.3 is 6.01 Å². The Kier molecular flexibility index (Phi) is 4.93. The molecule has 1 atom stereocenters. The number of rotatable bonds is 1. The summed E-state index contributed by atoms with van der Waals surface area (Å²) in [7, 11) is 0. The summed E-state index contributed by atoms with van der Waals surface area (Å²) in [5.74, 6) is 0.895. The van der Waals surface area contributed by atoms with Gasteiger partial charge in [-0.05, 0) is 44.4 Å². The van der Waals surface area contributed by atoms with Gasteiger partial charge in [0.2, 0.25) is 0 Å². The topological polar surface area (TPSA) is 88.2 Å². The van der Waals surface area contributed by atoms with Gasteiger partial charge < -0.3 is 19.7 Å². The van der Waals surface area contributed by atoms with Crippen LogP contribution in [0.2, 0.25) is 0 Å². The number of aromatic nitrogens is 4. The summed E-state index contributed by atoms with van der Waals surface area (Å²) in [6.45, 7) is 5.79. The molecule has 4 bridgehead atoms. The molecular formula is C21H26N6O2. The number of anilines is 2. The highest BCUT2D eigenvalue weighted by Crippen LogP contribution is 2.31. The van der Waals surface area contributed by atoms with E-state index in [-0.39, 0.29) is 0 Å². The van der Waals surface area contributed by atoms with E-state index in [1.807, 2.05) is 6.07 Å². The molecule has 3 aromatic rings. The average Bonchev–Trinajstić information content (AvgIpc) is 3.39. The number of hydrogen-bond donors (Lipinski definition) is 2. The van der Waals surface area contributed by atoms with E-state index in [2.05, 4.69) is 55.5 Å². The highest BCUT2D eigenvalue weighted by Gasteiger charge is 2.19. The van der Waals surface area contributed by atoms with Crippen molar-refractivity contribution in [2.75, 3.05) is 43.1 Å². The third-order valence-electron chi connectivity index (χ3n) is 5.49. The van der Waals surface area contributed by atoms with E-state index in [0.29, 0.717) is 31.9 Å². The van der Waals surface area contributed by atoms with Gasteiger partial charge in [0, 0.05) is 42.9 Å². The van der Waals surface area contributed by atoms with Crippen molar-refractivity contribution >= 4 is 22.4 Å². The second-order valence-corrected chi connectivity index (χ2v) is 7.72. The molecular weight excluding hydrogens is 368 g/mol. The van der Waals surface area contributed by atoms with Crippen LogP contribution in [0.5, 0.6) is 6.01 Å². The zero-order valence-corrected chi connectivity index (χ0v) is 16.6. The summed E-state index contributed by atoms with van der Waals surface area (Å²) >= 11 is 0. The normalized spacial score (nSPS) is 20.2. The molecule has 0 saturated carbocycles. The van der Waals surface area contributed by atoms with Crippen LogP contribution in [0.25, 0.3) is 22.3 Å². The number of fused-ring (bicyclic) bond motifs is 4. The van der Waals surface area contributed by atoms with Crippen LogP contribution < -0.4 is 15.0 Å². The van der Waals surface area contributed by atoms with Crippen molar-refractivity contribution in [1.82, 2.24) is 20.2 Å². The third kappa shape index (κ3) is 3.85. The Morgan fingerprint density at radius 1 is 1.07 bits per heavy atom. The summed E-state index contributed by atoms with van der Waals surface area (Å²) in [5, 5.41) is 12.3. The van der Waals surface area contributed by atoms with Crippen LogP contribution in [-0.4, -0.2) is 59.1 Å². The second kappa shape index (κ2) is 7.87. The van der Waals surface area contributed by atoms with E-state index in [9.17, 15) is 0 Å². The molecule has 2 aromatic heterocycles. The quantitative estimate of drug-likeness (QED) is 0.655. The fraction of sp³-hybridized carbons (Fsp3) is 0.476. The first-order valence-corrected chi connectivity index (χ1v) is 10.4. The molecule has 5 rings (SSSR count). The zero-order valence-electron chi connectivity index (χ0n) is 16.6. The van der Waals surface area contributed by atoms with E-state index in [1.54, 1.807) is 0 Å². The van der Waals surface area contributed by atoms with Gasteiger partial charge in [0.25, 0.3) is 0 Å². The Morgan fingerprint density at radius 2 is 1.97 bits per heavy atom. The minimum atomic E-state index is 0.302. The Balaban J connectivity index is 1.61. The molecule has 2 aliphatic rings. The Labute approximate surface area is 169 Å². The van der Waals surface area contributed by atoms with E-state index >= 15 is 0 Å². The van der Waals surface area contributed by atoms with Crippen molar-refractivity contribution in [2.45, 2.75) is 32.2 Å². The van der Waals surface area contributed by atoms with Crippen LogP contribution in [0.1, 0.15) is 26.2 Å². The molecule has 0 amide bonds. The second-order valence-electron chi connectivity index (χ2n) is 7.72. The molecule has 1 fully saturated rings. The number of aromatic amines is 1. The minimum Gasteiger partial charge on any atom is -0.461 e. The molecule has 0 aliphatic carbocycles. The molecule has 1 saturated heterocycles. The molecule has 8 heteroatoms. The summed E-state index contributed by atoms with van der Waals surface area (Å²) in [5.41, 5.74) is 3.63. The highest BCUT2D eigenvalue weighted by atomic mass is 16.5. The molecule has 2 N–H and O–H groups in total. The van der Waals surface area contributed by atoms with E-state index in [1.165, 1.54) is 12.8 Å². The van der Waals surface area contributed by atoms with E-state index in [0.717, 1.165) is 53.3 Å². The maximum Gasteiger partial charge on any atom is 0.319 e. The van der Waals surface area contributed by atoms with E-state index < -0.39 is 0 Å². The molecule has 29 heavy (non-hydrogen) atoms. The number of hydrogen-bond acceptors (Lipinski definition) is 7. The lowest BCUT2D eigenvalue weighted by atomic mass is 10.1. The average molecular weight is 394 g/mol. The minimum absolute atomic E-state index is 0.302. The van der Waals surface area contributed by atoms with Crippen molar-refractivity contribution in [3.8, 4) is 17.4 Å². The highest BCUT2D eigenvalue weighted by molar-refractivity contribution is 5.94. The predicted molar refractivity (Wildman–Crippen MR) is 113 cm³/mol. The van der Waals surface area contributed by atoms with Gasteiger partial charge in [0.05, 0.1) is 12.1 Å². The standard InChI is InChI=1S/C21H26N6O2/c1-14-6-9-28-10-11-29-21-23-18(13-19(24-21)27-7-2-3-8-27)20-16-12-15(22-14)4-5-17(16)25-26-20/h4-5,12-14,22H,2-3,6-11H2,1H3,(H,25,26)/t14-/m0/s1. The number of benzene rings is 1. The molecule has 0 radical (unpaired) electrons. The van der Waals surface area contributed by atoms with Gasteiger partial charge in [-0.1, -0.05) is 0 Å². The van der Waals surface area contributed by atoms with Crippen molar-refractivity contribution in [2.24, 2.45) is 0 Å². The Morgan fingerprint density at radius 3 is 2.86 bits per heavy atom. The number of H-pyrrole nitrogens is 1. The van der Waals surface area contributed by atoms with Crippen LogP contribution in [-0.2, 0) is 4.74 Å². The van der Waals surface area contributed by atoms with Crippen LogP contribution in [0.3, 0.4) is 0 Å². The monoisotopic (exact) mass is 394 g/mol. The van der Waals surface area contributed by atoms with Crippen LogP contribution in [0.4, 0.5) is 11.5 Å². The van der Waals surface area contributed by atoms with E-state index in [4.69, 9.17) is 9.47 Å². The van der Waals surface area contributed by atoms with Crippen molar-refractivity contribution < 1.29 is 9.47 Å². The lowest BCUT2D eigenvalue weighted by Gasteiger charge is -2.17. The van der Waals surface area contributed by atoms with Gasteiger partial charge in [-0.2, -0.15) is 15.1 Å². The lowest BCUT2D eigenvalue weighted by Crippen LogP contribution is -2.20. The van der Waals surface area contributed by atoms with Crippen molar-refractivity contribution in [3.63, 3.8) is 0 Å². The fourth-order valence-corrected chi connectivity index (χ4v) is 3.92. The number of nitrogens with one attached hydrogen (secondary N) is 2. The molecule has 4 heterocycles. The SMILES string of the molecule is C[C@H]1CCOCCOc2nc(cc(N3CCCC3)n2)-c2n[nH]c3ccc(cc23)N1. The molecule has 2 aliphatic heterocycles. The Hall–Kier alpha value is -2.87. The molecule has 1 aromatic carbocycles. The molecule has 152 valence electrons. The van der Waals surface area contributed by atoms with Gasteiger partial charge in [0.15, 0.2) is 0 Å². The molecule has 8 nitrogen and oxygen atoms in total. The van der Waals surface area contributed by atoms with Gasteiger partial charge in [-0.3, -0.25) is 5.10 Å². The summed E-state index contributed by atoms with van der Waals surface area (Å²) in [6.07, 6.45) is 3.28. The Bertz CT molecular complexity index is 998. The maximum absolute atomic E-state index is 5.85. The van der Waals surface area contributed by atoms with Crippen LogP contribution >= 0.6 is 0 Å². The van der Waals surface area contributed by atoms with Crippen molar-refractivity contribution in [3.05, 3.63) is 24.3 Å². The van der Waals surface area contributed by atoms with Crippen LogP contribution in [0, 0.1) is 0 Å².